The average Bonchev–Trinajstić information content (AvgIpc) is 2.68. The highest BCUT2D eigenvalue weighted by Crippen LogP contribution is 2.39. The van der Waals surface area contributed by atoms with Crippen LogP contribution in [-0.4, -0.2) is 27.9 Å². The Balaban J connectivity index is 2.43. The number of likely N-dealkylation sites (tertiary alicyclic amines) is 1. The Morgan fingerprint density at radius 3 is 2.42 bits per heavy atom. The molecule has 1 saturated heterocycles. The molecule has 19 heavy (non-hydrogen) atoms. The van der Waals surface area contributed by atoms with E-state index in [2.05, 4.69) is 0 Å². The molecule has 0 aromatic heterocycles. The van der Waals surface area contributed by atoms with Crippen molar-refractivity contribution in [3.05, 3.63) is 34.9 Å². The number of halogens is 1. The molecular formula is C14H16ClNO3. The number of carboxylic acid groups (broad SMARTS) is 1. The Labute approximate surface area is 117 Å². The molecule has 102 valence electrons. The van der Waals surface area contributed by atoms with Gasteiger partial charge in [-0.25, -0.2) is 0 Å². The highest BCUT2D eigenvalue weighted by Gasteiger charge is 2.45. The minimum Gasteiger partial charge on any atom is -0.481 e. The molecule has 0 unspecified atom stereocenters. The molecule has 0 radical (unpaired) electrons. The summed E-state index contributed by atoms with van der Waals surface area (Å²) >= 11 is 5.85. The van der Waals surface area contributed by atoms with Crippen LogP contribution in [0.15, 0.2) is 24.3 Å². The predicted octanol–water partition coefficient (Wildman–Crippen LogP) is 2.72. The monoisotopic (exact) mass is 281 g/mol. The standard InChI is InChI=1S/C14H16ClNO3/c1-8(2)16-12(17)7-11(14(18)19)13(16)9-3-5-10(15)6-4-9/h3-6,8,11,13H,7H2,1-2H3,(H,18,19)/t11-,13-/m1/s1. The summed E-state index contributed by atoms with van der Waals surface area (Å²) in [4.78, 5) is 25.0. The maximum atomic E-state index is 12.0. The van der Waals surface area contributed by atoms with E-state index in [1.165, 1.54) is 0 Å². The maximum absolute atomic E-state index is 12.0. The zero-order valence-corrected chi connectivity index (χ0v) is 11.6. The summed E-state index contributed by atoms with van der Waals surface area (Å²) in [5.74, 6) is -1.74. The number of carbonyl (C=O) groups is 2. The van der Waals surface area contributed by atoms with Crippen molar-refractivity contribution in [2.45, 2.75) is 32.4 Å². The van der Waals surface area contributed by atoms with E-state index in [1.807, 2.05) is 13.8 Å². The number of benzene rings is 1. The van der Waals surface area contributed by atoms with Gasteiger partial charge in [0.05, 0.1) is 12.0 Å². The van der Waals surface area contributed by atoms with E-state index >= 15 is 0 Å². The molecule has 1 aromatic rings. The summed E-state index contributed by atoms with van der Waals surface area (Å²) in [5, 5.41) is 9.91. The first kappa shape index (κ1) is 13.9. The Morgan fingerprint density at radius 2 is 1.95 bits per heavy atom. The van der Waals surface area contributed by atoms with Gasteiger partial charge in [0.2, 0.25) is 5.91 Å². The highest BCUT2D eigenvalue weighted by atomic mass is 35.5. The largest absolute Gasteiger partial charge is 0.481 e. The zero-order chi connectivity index (χ0) is 14.2. The average molecular weight is 282 g/mol. The van der Waals surface area contributed by atoms with Crippen LogP contribution >= 0.6 is 11.6 Å². The predicted molar refractivity (Wildman–Crippen MR) is 71.9 cm³/mol. The first-order chi connectivity index (χ1) is 8.91. The van der Waals surface area contributed by atoms with Crippen molar-refractivity contribution in [2.24, 2.45) is 5.92 Å². The quantitative estimate of drug-likeness (QED) is 0.927. The van der Waals surface area contributed by atoms with Gasteiger partial charge in [-0.3, -0.25) is 9.59 Å². The van der Waals surface area contributed by atoms with Crippen molar-refractivity contribution in [1.29, 1.82) is 0 Å². The number of rotatable bonds is 3. The summed E-state index contributed by atoms with van der Waals surface area (Å²) in [5.41, 5.74) is 0.816. The SMILES string of the molecule is CC(C)N1C(=O)C[C@@H](C(=O)O)[C@H]1c1ccc(Cl)cc1. The number of hydrogen-bond acceptors (Lipinski definition) is 2. The third kappa shape index (κ3) is 2.59. The van der Waals surface area contributed by atoms with Gasteiger partial charge < -0.3 is 10.0 Å². The van der Waals surface area contributed by atoms with Crippen LogP contribution in [0.5, 0.6) is 0 Å². The molecule has 0 aliphatic carbocycles. The van der Waals surface area contributed by atoms with Crippen LogP contribution in [0.4, 0.5) is 0 Å². The molecule has 2 rings (SSSR count). The molecule has 1 aliphatic rings. The van der Waals surface area contributed by atoms with Crippen molar-refractivity contribution in [2.75, 3.05) is 0 Å². The van der Waals surface area contributed by atoms with Gasteiger partial charge >= 0.3 is 5.97 Å². The molecule has 1 N–H and O–H groups in total. The molecule has 0 bridgehead atoms. The van der Waals surface area contributed by atoms with Crippen LogP contribution < -0.4 is 0 Å². The summed E-state index contributed by atoms with van der Waals surface area (Å²) in [6.45, 7) is 3.79. The van der Waals surface area contributed by atoms with E-state index in [1.54, 1.807) is 29.2 Å². The Hall–Kier alpha value is -1.55. The molecule has 2 atom stereocenters. The van der Waals surface area contributed by atoms with Gasteiger partial charge in [0.25, 0.3) is 0 Å². The number of nitrogens with zero attached hydrogens (tertiary/aromatic N) is 1. The molecular weight excluding hydrogens is 266 g/mol. The lowest BCUT2D eigenvalue weighted by atomic mass is 9.93. The third-order valence-electron chi connectivity index (χ3n) is 3.45. The van der Waals surface area contributed by atoms with Gasteiger partial charge in [-0.2, -0.15) is 0 Å². The number of carbonyl (C=O) groups excluding carboxylic acids is 1. The number of aliphatic carboxylic acids is 1. The number of carboxylic acids is 1. The topological polar surface area (TPSA) is 57.6 Å². The number of hydrogen-bond donors (Lipinski definition) is 1. The van der Waals surface area contributed by atoms with Crippen molar-refractivity contribution in [3.63, 3.8) is 0 Å². The summed E-state index contributed by atoms with van der Waals surface area (Å²) in [6.07, 6.45) is 0.0564. The molecule has 5 heteroatoms. The Morgan fingerprint density at radius 1 is 1.37 bits per heavy atom. The fourth-order valence-corrected chi connectivity index (χ4v) is 2.76. The third-order valence-corrected chi connectivity index (χ3v) is 3.70. The first-order valence-electron chi connectivity index (χ1n) is 6.21. The lowest BCUT2D eigenvalue weighted by Gasteiger charge is -2.30. The summed E-state index contributed by atoms with van der Waals surface area (Å²) in [6, 6.07) is 6.57. The lowest BCUT2D eigenvalue weighted by molar-refractivity contribution is -0.142. The zero-order valence-electron chi connectivity index (χ0n) is 10.8. The van der Waals surface area contributed by atoms with Gasteiger partial charge in [0.1, 0.15) is 0 Å². The second kappa shape index (κ2) is 5.21. The molecule has 1 heterocycles. The van der Waals surface area contributed by atoms with E-state index in [4.69, 9.17) is 11.6 Å². The van der Waals surface area contributed by atoms with Gasteiger partial charge in [0.15, 0.2) is 0 Å². The second-order valence-corrected chi connectivity index (χ2v) is 5.48. The molecule has 1 fully saturated rings. The normalized spacial score (nSPS) is 23.2. The molecule has 1 aromatic carbocycles. The summed E-state index contributed by atoms with van der Waals surface area (Å²) in [7, 11) is 0. The summed E-state index contributed by atoms with van der Waals surface area (Å²) < 4.78 is 0. The number of amides is 1. The van der Waals surface area contributed by atoms with Crippen molar-refractivity contribution in [3.8, 4) is 0 Å². The minimum atomic E-state index is -0.934. The fourth-order valence-electron chi connectivity index (χ4n) is 2.64. The van der Waals surface area contributed by atoms with Crippen LogP contribution in [0.25, 0.3) is 0 Å². The van der Waals surface area contributed by atoms with Crippen molar-refractivity contribution < 1.29 is 14.7 Å². The van der Waals surface area contributed by atoms with Crippen LogP contribution in [0.3, 0.4) is 0 Å². The first-order valence-corrected chi connectivity index (χ1v) is 6.59. The maximum Gasteiger partial charge on any atom is 0.309 e. The molecule has 4 nitrogen and oxygen atoms in total. The van der Waals surface area contributed by atoms with Crippen LogP contribution in [0.2, 0.25) is 5.02 Å². The van der Waals surface area contributed by atoms with E-state index in [-0.39, 0.29) is 18.4 Å². The lowest BCUT2D eigenvalue weighted by Crippen LogP contribution is -2.36. The molecule has 0 spiro atoms. The van der Waals surface area contributed by atoms with Gasteiger partial charge in [-0.05, 0) is 31.5 Å². The van der Waals surface area contributed by atoms with Gasteiger partial charge in [-0.1, -0.05) is 23.7 Å². The minimum absolute atomic E-state index is 0.0301. The van der Waals surface area contributed by atoms with Crippen LogP contribution in [0, 0.1) is 5.92 Å². The van der Waals surface area contributed by atoms with E-state index in [0.29, 0.717) is 5.02 Å². The van der Waals surface area contributed by atoms with Crippen LogP contribution in [0.1, 0.15) is 31.9 Å². The molecule has 1 aliphatic heterocycles. The smallest absolute Gasteiger partial charge is 0.309 e. The molecule has 1 amide bonds. The fraction of sp³-hybridized carbons (Fsp3) is 0.429. The van der Waals surface area contributed by atoms with Gasteiger partial charge in [-0.15, -0.1) is 0 Å². The van der Waals surface area contributed by atoms with Gasteiger partial charge in [0, 0.05) is 17.5 Å². The molecule has 0 saturated carbocycles. The Kier molecular flexibility index (Phi) is 3.80. The van der Waals surface area contributed by atoms with Crippen molar-refractivity contribution >= 4 is 23.5 Å². The van der Waals surface area contributed by atoms with Crippen LogP contribution in [-0.2, 0) is 9.59 Å². The second-order valence-electron chi connectivity index (χ2n) is 5.04. The van der Waals surface area contributed by atoms with E-state index in [0.717, 1.165) is 5.56 Å². The van der Waals surface area contributed by atoms with Crippen molar-refractivity contribution in [1.82, 2.24) is 4.90 Å². The highest BCUT2D eigenvalue weighted by molar-refractivity contribution is 6.30. The van der Waals surface area contributed by atoms with E-state index < -0.39 is 17.9 Å². The van der Waals surface area contributed by atoms with E-state index in [9.17, 15) is 14.7 Å². The Bertz CT molecular complexity index is 498.